The van der Waals surface area contributed by atoms with Gasteiger partial charge in [0.25, 0.3) is 0 Å². The van der Waals surface area contributed by atoms with Crippen LogP contribution in [0.1, 0.15) is 76.0 Å². The van der Waals surface area contributed by atoms with Gasteiger partial charge in [0.1, 0.15) is 17.2 Å². The van der Waals surface area contributed by atoms with Crippen LogP contribution < -0.4 is 10.1 Å². The number of benzene rings is 2. The van der Waals surface area contributed by atoms with E-state index in [4.69, 9.17) is 4.74 Å². The van der Waals surface area contributed by atoms with E-state index in [0.717, 1.165) is 66.9 Å². The topological polar surface area (TPSA) is 61.8 Å². The van der Waals surface area contributed by atoms with Crippen LogP contribution in [0.25, 0.3) is 0 Å². The summed E-state index contributed by atoms with van der Waals surface area (Å²) in [7, 11) is 0. The van der Waals surface area contributed by atoms with E-state index in [-0.39, 0.29) is 17.7 Å². The molecular formula is C26H38N2O3. The van der Waals surface area contributed by atoms with Crippen LogP contribution >= 0.6 is 0 Å². The van der Waals surface area contributed by atoms with E-state index in [1.165, 1.54) is 0 Å². The van der Waals surface area contributed by atoms with Gasteiger partial charge in [-0.15, -0.1) is 0 Å². The van der Waals surface area contributed by atoms with Gasteiger partial charge in [-0.3, -0.25) is 0 Å². The van der Waals surface area contributed by atoms with Gasteiger partial charge < -0.3 is 20.1 Å². The summed E-state index contributed by atoms with van der Waals surface area (Å²) in [5.41, 5.74) is 3.53. The van der Waals surface area contributed by atoms with Gasteiger partial charge in [0.15, 0.2) is 0 Å². The third-order valence-corrected chi connectivity index (χ3v) is 5.40. The maximum atomic E-state index is 12.8. The molecule has 2 aromatic carbocycles. The standard InChI is InChI=1S/C26H38N2O3/c1-7-9-13-28(14-10-8-2)26(30)27-21-15-19(5)25(20(6)16-21)31-22-11-12-24(29)23(17-22)18(3)4/h11-12,15-18,29H,7-10,13-14H2,1-6H3,(H,27,30). The third-order valence-electron chi connectivity index (χ3n) is 5.40. The molecule has 170 valence electrons. The Kier molecular flexibility index (Phi) is 9.22. The molecule has 5 nitrogen and oxygen atoms in total. The minimum atomic E-state index is -0.0468. The van der Waals surface area contributed by atoms with E-state index < -0.39 is 0 Å². The summed E-state index contributed by atoms with van der Waals surface area (Å²) in [5.74, 6) is 1.94. The molecule has 2 amide bonds. The highest BCUT2D eigenvalue weighted by molar-refractivity contribution is 5.89. The molecule has 0 atom stereocenters. The predicted octanol–water partition coefficient (Wildman–Crippen LogP) is 7.36. The van der Waals surface area contributed by atoms with E-state index >= 15 is 0 Å². The van der Waals surface area contributed by atoms with Gasteiger partial charge in [0.05, 0.1) is 0 Å². The van der Waals surface area contributed by atoms with Gasteiger partial charge in [-0.05, 0) is 74.1 Å². The van der Waals surface area contributed by atoms with Crippen LogP contribution in [0.5, 0.6) is 17.2 Å². The minimum Gasteiger partial charge on any atom is -0.508 e. The zero-order valence-corrected chi connectivity index (χ0v) is 19.9. The number of rotatable bonds is 10. The highest BCUT2D eigenvalue weighted by Gasteiger charge is 2.15. The molecule has 0 fully saturated rings. The zero-order chi connectivity index (χ0) is 23.0. The number of aromatic hydroxyl groups is 1. The molecule has 0 saturated heterocycles. The molecule has 31 heavy (non-hydrogen) atoms. The van der Waals surface area contributed by atoms with Crippen LogP contribution in [0, 0.1) is 13.8 Å². The number of aryl methyl sites for hydroxylation is 2. The van der Waals surface area contributed by atoms with Crippen molar-refractivity contribution < 1.29 is 14.6 Å². The predicted molar refractivity (Wildman–Crippen MR) is 129 cm³/mol. The summed E-state index contributed by atoms with van der Waals surface area (Å²) < 4.78 is 6.17. The molecule has 0 aliphatic heterocycles. The second kappa shape index (κ2) is 11.6. The maximum Gasteiger partial charge on any atom is 0.321 e. The lowest BCUT2D eigenvalue weighted by atomic mass is 10.0. The molecule has 0 unspecified atom stereocenters. The summed E-state index contributed by atoms with van der Waals surface area (Å²) in [5, 5.41) is 13.1. The number of nitrogens with zero attached hydrogens (tertiary/aromatic N) is 1. The van der Waals surface area contributed by atoms with Gasteiger partial charge in [0.2, 0.25) is 0 Å². The Hall–Kier alpha value is -2.69. The molecule has 2 rings (SSSR count). The van der Waals surface area contributed by atoms with Crippen LogP contribution in [-0.4, -0.2) is 29.1 Å². The average Bonchev–Trinajstić information content (AvgIpc) is 2.71. The summed E-state index contributed by atoms with van der Waals surface area (Å²) >= 11 is 0. The Morgan fingerprint density at radius 3 is 2.13 bits per heavy atom. The van der Waals surface area contributed by atoms with Crippen molar-refractivity contribution in [1.29, 1.82) is 0 Å². The number of unbranched alkanes of at least 4 members (excludes halogenated alkanes) is 2. The lowest BCUT2D eigenvalue weighted by Crippen LogP contribution is -2.36. The van der Waals surface area contributed by atoms with Gasteiger partial charge in [-0.1, -0.05) is 40.5 Å². The van der Waals surface area contributed by atoms with Crippen molar-refractivity contribution in [2.45, 2.75) is 73.1 Å². The van der Waals surface area contributed by atoms with Crippen LogP contribution in [0.15, 0.2) is 30.3 Å². The number of urea groups is 1. The van der Waals surface area contributed by atoms with Crippen molar-refractivity contribution in [3.8, 4) is 17.2 Å². The van der Waals surface area contributed by atoms with E-state index in [1.807, 2.05) is 50.8 Å². The fraction of sp³-hybridized carbons (Fsp3) is 0.500. The summed E-state index contributed by atoms with van der Waals surface area (Å²) in [6.07, 6.45) is 4.14. The monoisotopic (exact) mass is 426 g/mol. The highest BCUT2D eigenvalue weighted by atomic mass is 16.5. The highest BCUT2D eigenvalue weighted by Crippen LogP contribution is 2.35. The van der Waals surface area contributed by atoms with Crippen LogP contribution in [0.2, 0.25) is 0 Å². The molecule has 2 N–H and O–H groups in total. The van der Waals surface area contributed by atoms with Crippen molar-refractivity contribution in [3.05, 3.63) is 47.0 Å². The van der Waals surface area contributed by atoms with Gasteiger partial charge >= 0.3 is 6.03 Å². The van der Waals surface area contributed by atoms with Crippen LogP contribution in [0.3, 0.4) is 0 Å². The summed E-state index contributed by atoms with van der Waals surface area (Å²) in [6.45, 7) is 13.9. The minimum absolute atomic E-state index is 0.0468. The zero-order valence-electron chi connectivity index (χ0n) is 19.9. The van der Waals surface area contributed by atoms with E-state index in [2.05, 4.69) is 19.2 Å². The molecule has 0 spiro atoms. The first kappa shape index (κ1) is 24.6. The quantitative estimate of drug-likeness (QED) is 0.417. The van der Waals surface area contributed by atoms with Crippen molar-refractivity contribution in [2.75, 3.05) is 18.4 Å². The molecular weight excluding hydrogens is 388 g/mol. The van der Waals surface area contributed by atoms with E-state index in [1.54, 1.807) is 12.1 Å². The van der Waals surface area contributed by atoms with E-state index in [0.29, 0.717) is 5.75 Å². The summed E-state index contributed by atoms with van der Waals surface area (Å²) in [6, 6.07) is 9.17. The number of carbonyl (C=O) groups is 1. The van der Waals surface area contributed by atoms with Crippen molar-refractivity contribution >= 4 is 11.7 Å². The molecule has 0 radical (unpaired) electrons. The number of phenolic OH excluding ortho intramolecular Hbond substituents is 1. The van der Waals surface area contributed by atoms with Gasteiger partial charge in [-0.25, -0.2) is 4.79 Å². The van der Waals surface area contributed by atoms with E-state index in [9.17, 15) is 9.90 Å². The maximum absolute atomic E-state index is 12.8. The number of hydrogen-bond donors (Lipinski definition) is 2. The van der Waals surface area contributed by atoms with Crippen LogP contribution in [-0.2, 0) is 0 Å². The normalized spacial score (nSPS) is 10.9. The van der Waals surface area contributed by atoms with Crippen molar-refractivity contribution in [3.63, 3.8) is 0 Å². The first-order valence-electron chi connectivity index (χ1n) is 11.4. The Balaban J connectivity index is 2.18. The fourth-order valence-electron chi connectivity index (χ4n) is 3.58. The largest absolute Gasteiger partial charge is 0.508 e. The lowest BCUT2D eigenvalue weighted by molar-refractivity contribution is 0.210. The average molecular weight is 427 g/mol. The second-order valence-electron chi connectivity index (χ2n) is 8.54. The third kappa shape index (κ3) is 6.91. The number of ether oxygens (including phenoxy) is 1. The number of carbonyl (C=O) groups excluding carboxylic acids is 1. The summed E-state index contributed by atoms with van der Waals surface area (Å²) in [4.78, 5) is 14.7. The molecule has 0 bridgehead atoms. The number of amides is 2. The fourth-order valence-corrected chi connectivity index (χ4v) is 3.58. The smallest absolute Gasteiger partial charge is 0.321 e. The van der Waals surface area contributed by atoms with Gasteiger partial charge in [0, 0.05) is 24.3 Å². The molecule has 0 aliphatic rings. The number of hydrogen-bond acceptors (Lipinski definition) is 3. The number of phenols is 1. The molecule has 2 aromatic rings. The lowest BCUT2D eigenvalue weighted by Gasteiger charge is -2.23. The Bertz CT molecular complexity index is 846. The molecule has 0 aliphatic carbocycles. The molecule has 0 aromatic heterocycles. The Morgan fingerprint density at radius 1 is 1.03 bits per heavy atom. The second-order valence-corrected chi connectivity index (χ2v) is 8.54. The Labute approximate surface area is 187 Å². The van der Waals surface area contributed by atoms with Crippen molar-refractivity contribution in [2.24, 2.45) is 0 Å². The van der Waals surface area contributed by atoms with Gasteiger partial charge in [-0.2, -0.15) is 0 Å². The number of nitrogens with one attached hydrogen (secondary N) is 1. The number of anilines is 1. The first-order valence-corrected chi connectivity index (χ1v) is 11.4. The molecule has 5 heteroatoms. The first-order chi connectivity index (χ1) is 14.8. The van der Waals surface area contributed by atoms with Crippen molar-refractivity contribution in [1.82, 2.24) is 4.90 Å². The molecule has 0 saturated carbocycles. The molecule has 0 heterocycles. The van der Waals surface area contributed by atoms with Crippen LogP contribution in [0.4, 0.5) is 10.5 Å². The SMILES string of the molecule is CCCCN(CCCC)C(=O)Nc1cc(C)c(Oc2ccc(O)c(C(C)C)c2)c(C)c1. The Morgan fingerprint density at radius 2 is 1.61 bits per heavy atom.